The van der Waals surface area contributed by atoms with Crippen LogP contribution in [0.1, 0.15) is 216 Å². The van der Waals surface area contributed by atoms with Crippen LogP contribution in [0, 0.1) is 0 Å². The molecule has 0 saturated carbocycles. The van der Waals surface area contributed by atoms with Crippen molar-refractivity contribution in [3.05, 3.63) is 0 Å². The molecule has 0 aliphatic heterocycles. The lowest BCUT2D eigenvalue weighted by molar-refractivity contribution is -0.0504. The monoisotopic (exact) mass is 847 g/mol. The fourth-order valence-corrected chi connectivity index (χ4v) is 23.8. The van der Waals surface area contributed by atoms with Gasteiger partial charge in [0.15, 0.2) is 16.6 Å². The molecule has 0 saturated heterocycles. The van der Waals surface area contributed by atoms with Gasteiger partial charge in [-0.2, -0.15) is 21.6 Å². The summed E-state index contributed by atoms with van der Waals surface area (Å²) in [6, 6.07) is 8.91. The van der Waals surface area contributed by atoms with E-state index in [-0.39, 0.29) is 0 Å². The van der Waals surface area contributed by atoms with Gasteiger partial charge >= 0.3 is 15.6 Å². The summed E-state index contributed by atoms with van der Waals surface area (Å²) in [6.07, 6.45) is 34.0. The van der Waals surface area contributed by atoms with Gasteiger partial charge in [-0.15, -0.1) is 0 Å². The average Bonchev–Trinajstić information content (AvgIpc) is 3.08. The van der Waals surface area contributed by atoms with E-state index >= 15 is 0 Å². The zero-order valence-electron chi connectivity index (χ0n) is 37.9. The average molecular weight is 848 g/mol. The predicted octanol–water partition coefficient (Wildman–Crippen LogP) is 17.2. The standard InChI is InChI=1S/C36H78OSi2.C7H15F3O3SSi/c1-7-13-19-25-31-38(32-26-20-14-8-2,33-27-21-15-9-3)37-39(34-28-22-16-10-4,35-29-23-17-11-5)36-30-24-18-12-6;1-6(2,3)15(4,5)13-14(11,12)7(8,9)10/h7-36H2,1-6H3;1-5H3. The molecule has 0 unspecified atom stereocenters. The Kier molecular flexibility index (Phi) is 32.7. The number of alkyl halides is 3. The Bertz CT molecular complexity index is 867. The quantitative estimate of drug-likeness (QED) is 0.0368. The molecule has 328 valence electrons. The minimum Gasteiger partial charge on any atom is -0.455 e. The minimum absolute atomic E-state index is 0.592. The second-order valence-electron chi connectivity index (χ2n) is 18.1. The van der Waals surface area contributed by atoms with Crippen LogP contribution in [0.5, 0.6) is 0 Å². The van der Waals surface area contributed by atoms with Gasteiger partial charge in [-0.05, 0) is 54.4 Å². The Labute approximate surface area is 339 Å². The van der Waals surface area contributed by atoms with Crippen LogP contribution in [0.4, 0.5) is 13.2 Å². The molecule has 54 heavy (non-hydrogen) atoms. The molecule has 4 nitrogen and oxygen atoms in total. The van der Waals surface area contributed by atoms with Crippen LogP contribution >= 0.6 is 0 Å². The molecule has 0 aromatic heterocycles. The zero-order valence-corrected chi connectivity index (χ0v) is 41.7. The van der Waals surface area contributed by atoms with Gasteiger partial charge in [0, 0.05) is 0 Å². The van der Waals surface area contributed by atoms with Gasteiger partial charge < -0.3 is 7.99 Å². The molecule has 0 aromatic carbocycles. The molecule has 0 N–H and O–H groups in total. The fraction of sp³-hybridized carbons (Fsp3) is 1.00. The smallest absolute Gasteiger partial charge is 0.455 e. The van der Waals surface area contributed by atoms with Gasteiger partial charge in [0.25, 0.3) is 0 Å². The van der Waals surface area contributed by atoms with Crippen LogP contribution in [0.3, 0.4) is 0 Å². The Balaban J connectivity index is 0. The van der Waals surface area contributed by atoms with E-state index < -0.39 is 45.6 Å². The van der Waals surface area contributed by atoms with Crippen LogP contribution in [0.2, 0.25) is 54.4 Å². The molecular weight excluding hydrogens is 754 g/mol. The van der Waals surface area contributed by atoms with Gasteiger partial charge in [-0.25, -0.2) is 0 Å². The van der Waals surface area contributed by atoms with Crippen LogP contribution < -0.4 is 0 Å². The van der Waals surface area contributed by atoms with Crippen molar-refractivity contribution in [2.75, 3.05) is 0 Å². The van der Waals surface area contributed by atoms with E-state index in [2.05, 4.69) is 45.4 Å². The number of hydrogen-bond acceptors (Lipinski definition) is 4. The Morgan fingerprint density at radius 1 is 0.426 bits per heavy atom. The summed E-state index contributed by atoms with van der Waals surface area (Å²) in [5.74, 6) is 0. The number of halogens is 3. The molecule has 0 fully saturated rings. The number of unbranched alkanes of at least 4 members (excludes halogenated alkanes) is 18. The highest BCUT2D eigenvalue weighted by molar-refractivity contribution is 7.88. The second-order valence-corrected chi connectivity index (χ2v) is 33.2. The molecule has 0 amide bonds. The fourth-order valence-electron chi connectivity index (χ4n) is 7.21. The van der Waals surface area contributed by atoms with Crippen LogP contribution in [-0.4, -0.2) is 38.9 Å². The molecule has 0 rings (SSSR count). The van der Waals surface area contributed by atoms with Gasteiger partial charge in [-0.3, -0.25) is 0 Å². The van der Waals surface area contributed by atoms with Crippen molar-refractivity contribution < 1.29 is 29.6 Å². The third kappa shape index (κ3) is 26.3. The number of rotatable bonds is 34. The maximum Gasteiger partial charge on any atom is 0.522 e. The van der Waals surface area contributed by atoms with Crippen LogP contribution in [0.25, 0.3) is 0 Å². The molecule has 0 spiro atoms. The third-order valence-electron chi connectivity index (χ3n) is 11.8. The molecule has 0 aliphatic rings. The van der Waals surface area contributed by atoms with Gasteiger partial charge in [0.2, 0.25) is 8.32 Å². The van der Waals surface area contributed by atoms with E-state index in [1.165, 1.54) is 203 Å². The van der Waals surface area contributed by atoms with E-state index in [4.69, 9.17) is 4.12 Å². The lowest BCUT2D eigenvalue weighted by Gasteiger charge is -2.44. The topological polar surface area (TPSA) is 52.6 Å². The molecular formula is C43H93F3O4SSi3. The van der Waals surface area contributed by atoms with Crippen molar-refractivity contribution in [3.63, 3.8) is 0 Å². The first-order valence-corrected chi connectivity index (χ1v) is 32.4. The van der Waals surface area contributed by atoms with Crippen molar-refractivity contribution >= 4 is 35.1 Å². The summed E-state index contributed by atoms with van der Waals surface area (Å²) < 4.78 is 70.3. The summed E-state index contributed by atoms with van der Waals surface area (Å²) in [7, 11) is -11.9. The van der Waals surface area contributed by atoms with Crippen LogP contribution in [0.15, 0.2) is 0 Å². The highest BCUT2D eigenvalue weighted by Crippen LogP contribution is 2.41. The normalized spacial score (nSPS) is 13.3. The van der Waals surface area contributed by atoms with Crippen molar-refractivity contribution in [1.29, 1.82) is 0 Å². The third-order valence-corrected chi connectivity index (χ3v) is 29.5. The van der Waals surface area contributed by atoms with E-state index in [0.717, 1.165) is 0 Å². The largest absolute Gasteiger partial charge is 0.522 e. The van der Waals surface area contributed by atoms with E-state index in [1.54, 1.807) is 20.8 Å². The van der Waals surface area contributed by atoms with Crippen molar-refractivity contribution in [2.24, 2.45) is 0 Å². The molecule has 0 radical (unpaired) electrons. The Morgan fingerprint density at radius 3 is 0.815 bits per heavy atom. The summed E-state index contributed by atoms with van der Waals surface area (Å²) in [4.78, 5) is 0. The minimum atomic E-state index is -5.48. The summed E-state index contributed by atoms with van der Waals surface area (Å²) in [5.41, 5.74) is -5.34. The maximum absolute atomic E-state index is 12.1. The lowest BCUT2D eigenvalue weighted by atomic mass is 10.2. The van der Waals surface area contributed by atoms with Crippen LogP contribution in [-0.2, 0) is 18.1 Å². The molecule has 0 atom stereocenters. The number of hydrogen-bond donors (Lipinski definition) is 0. The first-order valence-electron chi connectivity index (χ1n) is 23.0. The summed E-state index contributed by atoms with van der Waals surface area (Å²) >= 11 is 0. The van der Waals surface area contributed by atoms with Gasteiger partial charge in [-0.1, -0.05) is 216 Å². The van der Waals surface area contributed by atoms with E-state index in [9.17, 15) is 21.6 Å². The van der Waals surface area contributed by atoms with Crippen molar-refractivity contribution in [3.8, 4) is 0 Å². The van der Waals surface area contributed by atoms with Gasteiger partial charge in [0.1, 0.15) is 0 Å². The summed E-state index contributed by atoms with van der Waals surface area (Å²) in [6.45, 7) is 22.1. The zero-order chi connectivity index (χ0) is 41.6. The maximum atomic E-state index is 12.1. The highest BCUT2D eigenvalue weighted by Gasteiger charge is 2.53. The molecule has 0 aromatic rings. The Morgan fingerprint density at radius 2 is 0.648 bits per heavy atom. The molecule has 0 heterocycles. The summed E-state index contributed by atoms with van der Waals surface area (Å²) in [5, 5.41) is -0.592. The first-order chi connectivity index (χ1) is 25.3. The predicted molar refractivity (Wildman–Crippen MR) is 240 cm³/mol. The lowest BCUT2D eigenvalue weighted by Crippen LogP contribution is -2.51. The Hall–Kier alpha value is 0.311. The molecule has 0 aliphatic carbocycles. The molecule has 0 bridgehead atoms. The van der Waals surface area contributed by atoms with E-state index in [0.29, 0.717) is 0 Å². The van der Waals surface area contributed by atoms with Gasteiger partial charge in [0.05, 0.1) is 0 Å². The van der Waals surface area contributed by atoms with Crippen molar-refractivity contribution in [2.45, 2.75) is 276 Å². The first kappa shape index (κ1) is 56.4. The highest BCUT2D eigenvalue weighted by atomic mass is 32.2. The van der Waals surface area contributed by atoms with E-state index in [1.807, 2.05) is 0 Å². The SMILES string of the molecule is CC(C)(C)[Si](C)(C)OS(=O)(=O)C(F)(F)F.CCCCCC[Si](CCCCCC)(CCCCCC)O[Si](CCCCCC)(CCCCCC)CCCCCC. The van der Waals surface area contributed by atoms with Crippen molar-refractivity contribution in [1.82, 2.24) is 0 Å². The molecule has 11 heteroatoms. The second kappa shape index (κ2) is 31.3.